The van der Waals surface area contributed by atoms with Crippen molar-refractivity contribution in [1.82, 2.24) is 5.43 Å². The molecular weight excluding hydrogens is 278 g/mol. The van der Waals surface area contributed by atoms with Crippen LogP contribution in [0.15, 0.2) is 23.3 Å². The predicted molar refractivity (Wildman–Crippen MR) is 74.0 cm³/mol. The normalized spacial score (nSPS) is 10.7. The fourth-order valence-corrected chi connectivity index (χ4v) is 1.43. The molecule has 2 amide bonds. The molecule has 0 aliphatic carbocycles. The molecule has 0 aliphatic rings. The summed E-state index contributed by atoms with van der Waals surface area (Å²) in [5.41, 5.74) is 7.86. The van der Waals surface area contributed by atoms with E-state index in [1.54, 1.807) is 6.92 Å². The van der Waals surface area contributed by atoms with Gasteiger partial charge in [0.25, 0.3) is 0 Å². The van der Waals surface area contributed by atoms with Crippen molar-refractivity contribution in [3.05, 3.63) is 23.8 Å². The van der Waals surface area contributed by atoms with Gasteiger partial charge >= 0.3 is 18.0 Å². The zero-order chi connectivity index (χ0) is 16.0. The minimum atomic E-state index is -0.814. The summed E-state index contributed by atoms with van der Waals surface area (Å²) in [7, 11) is 0. The Morgan fingerprint density at radius 1 is 1.00 bits per heavy atom. The zero-order valence-electron chi connectivity index (χ0n) is 11.8. The second-order valence-electron chi connectivity index (χ2n) is 4.05. The summed E-state index contributed by atoms with van der Waals surface area (Å²) in [6, 6.07) is 3.60. The average Bonchev–Trinajstić information content (AvgIpc) is 2.33. The smallest absolute Gasteiger partial charge is 0.332 e. The SMILES string of the molecule is CC(=O)Oc1cc(OC(C)=O)cc(/C(C)=N/NC(N)=O)c1. The first kappa shape index (κ1) is 16.2. The van der Waals surface area contributed by atoms with Crippen LogP contribution in [0.1, 0.15) is 26.3 Å². The molecule has 8 nitrogen and oxygen atoms in total. The Morgan fingerprint density at radius 3 is 1.86 bits per heavy atom. The Labute approximate surface area is 120 Å². The lowest BCUT2D eigenvalue weighted by atomic mass is 10.1. The van der Waals surface area contributed by atoms with Crippen molar-refractivity contribution in [1.29, 1.82) is 0 Å². The molecule has 0 saturated carbocycles. The number of hydrogen-bond acceptors (Lipinski definition) is 6. The van der Waals surface area contributed by atoms with Gasteiger partial charge < -0.3 is 15.2 Å². The maximum absolute atomic E-state index is 11.0. The molecule has 0 fully saturated rings. The second-order valence-corrected chi connectivity index (χ2v) is 4.05. The number of nitrogens with one attached hydrogen (secondary N) is 1. The van der Waals surface area contributed by atoms with Gasteiger partial charge in [0.15, 0.2) is 0 Å². The van der Waals surface area contributed by atoms with E-state index in [4.69, 9.17) is 15.2 Å². The third kappa shape index (κ3) is 5.72. The number of benzene rings is 1. The van der Waals surface area contributed by atoms with Crippen LogP contribution < -0.4 is 20.6 Å². The van der Waals surface area contributed by atoms with Crippen molar-refractivity contribution >= 4 is 23.7 Å². The summed E-state index contributed by atoms with van der Waals surface area (Å²) in [4.78, 5) is 32.6. The van der Waals surface area contributed by atoms with E-state index in [0.29, 0.717) is 11.3 Å². The van der Waals surface area contributed by atoms with Crippen LogP contribution in [-0.2, 0) is 9.59 Å². The van der Waals surface area contributed by atoms with E-state index in [1.165, 1.54) is 32.0 Å². The van der Waals surface area contributed by atoms with Crippen LogP contribution in [0.4, 0.5) is 4.79 Å². The monoisotopic (exact) mass is 293 g/mol. The number of esters is 2. The first-order chi connectivity index (χ1) is 9.77. The standard InChI is InChI=1S/C13H15N3O5/c1-7(15-16-13(14)19)10-4-11(20-8(2)17)6-12(5-10)21-9(3)18/h4-6H,1-3H3,(H3,14,16,19)/b15-7+. The third-order valence-corrected chi connectivity index (χ3v) is 2.15. The Hall–Kier alpha value is -2.90. The highest BCUT2D eigenvalue weighted by Crippen LogP contribution is 2.24. The van der Waals surface area contributed by atoms with E-state index in [1.807, 2.05) is 0 Å². The molecule has 1 rings (SSSR count). The molecule has 0 bridgehead atoms. The summed E-state index contributed by atoms with van der Waals surface area (Å²) < 4.78 is 9.91. The molecule has 0 heterocycles. The Balaban J connectivity index is 3.16. The van der Waals surface area contributed by atoms with E-state index < -0.39 is 18.0 Å². The molecule has 0 saturated heterocycles. The molecule has 0 aliphatic heterocycles. The van der Waals surface area contributed by atoms with Crippen LogP contribution >= 0.6 is 0 Å². The van der Waals surface area contributed by atoms with Crippen molar-refractivity contribution < 1.29 is 23.9 Å². The number of hydrogen-bond donors (Lipinski definition) is 2. The molecule has 112 valence electrons. The highest BCUT2D eigenvalue weighted by atomic mass is 16.5. The zero-order valence-corrected chi connectivity index (χ0v) is 11.8. The highest BCUT2D eigenvalue weighted by molar-refractivity contribution is 6.00. The molecule has 0 aromatic heterocycles. The lowest BCUT2D eigenvalue weighted by Crippen LogP contribution is -2.25. The molecule has 3 N–H and O–H groups in total. The molecule has 0 radical (unpaired) electrons. The van der Waals surface area contributed by atoms with Gasteiger partial charge in [-0.2, -0.15) is 5.10 Å². The molecular formula is C13H15N3O5. The predicted octanol–water partition coefficient (Wildman–Crippen LogP) is 0.930. The topological polar surface area (TPSA) is 120 Å². The van der Waals surface area contributed by atoms with Crippen LogP contribution in [0.2, 0.25) is 0 Å². The number of carbonyl (C=O) groups is 3. The fourth-order valence-electron chi connectivity index (χ4n) is 1.43. The number of urea groups is 1. The van der Waals surface area contributed by atoms with Gasteiger partial charge in [-0.3, -0.25) is 9.59 Å². The minimum absolute atomic E-state index is 0.185. The average molecular weight is 293 g/mol. The van der Waals surface area contributed by atoms with Gasteiger partial charge in [0.1, 0.15) is 11.5 Å². The number of nitrogens with zero attached hydrogens (tertiary/aromatic N) is 1. The quantitative estimate of drug-likeness (QED) is 0.370. The number of primary amides is 1. The summed E-state index contributed by atoms with van der Waals surface area (Å²) in [5.74, 6) is -0.675. The maximum atomic E-state index is 11.0. The molecule has 0 atom stereocenters. The van der Waals surface area contributed by atoms with Gasteiger partial charge in [0, 0.05) is 25.5 Å². The number of carbonyl (C=O) groups excluding carboxylic acids is 3. The fraction of sp³-hybridized carbons (Fsp3) is 0.231. The highest BCUT2D eigenvalue weighted by Gasteiger charge is 2.09. The number of ether oxygens (including phenoxy) is 2. The van der Waals surface area contributed by atoms with Gasteiger partial charge in [-0.05, 0) is 19.1 Å². The van der Waals surface area contributed by atoms with E-state index in [0.717, 1.165) is 0 Å². The third-order valence-electron chi connectivity index (χ3n) is 2.15. The van der Waals surface area contributed by atoms with Crippen LogP contribution in [0, 0.1) is 0 Å². The number of nitrogens with two attached hydrogens (primary N) is 1. The summed E-state index contributed by atoms with van der Waals surface area (Å²) in [6.45, 7) is 4.09. The molecule has 8 heteroatoms. The van der Waals surface area contributed by atoms with Crippen molar-refractivity contribution in [3.63, 3.8) is 0 Å². The van der Waals surface area contributed by atoms with Gasteiger partial charge in [0.2, 0.25) is 0 Å². The largest absolute Gasteiger partial charge is 0.427 e. The van der Waals surface area contributed by atoms with Crippen LogP contribution in [0.5, 0.6) is 11.5 Å². The maximum Gasteiger partial charge on any atom is 0.332 e. The van der Waals surface area contributed by atoms with Gasteiger partial charge in [-0.15, -0.1) is 0 Å². The molecule has 1 aromatic rings. The van der Waals surface area contributed by atoms with Gasteiger partial charge in [-0.1, -0.05) is 0 Å². The van der Waals surface area contributed by atoms with E-state index >= 15 is 0 Å². The van der Waals surface area contributed by atoms with Crippen LogP contribution in [0.3, 0.4) is 0 Å². The lowest BCUT2D eigenvalue weighted by Gasteiger charge is -2.09. The van der Waals surface area contributed by atoms with Crippen molar-refractivity contribution in [2.24, 2.45) is 10.8 Å². The molecule has 0 unspecified atom stereocenters. The Bertz CT molecular complexity index is 576. The first-order valence-corrected chi connectivity index (χ1v) is 5.90. The first-order valence-electron chi connectivity index (χ1n) is 5.90. The minimum Gasteiger partial charge on any atom is -0.427 e. The summed E-state index contributed by atoms with van der Waals surface area (Å²) in [5, 5.41) is 3.75. The van der Waals surface area contributed by atoms with Crippen LogP contribution in [-0.4, -0.2) is 23.7 Å². The summed E-state index contributed by atoms with van der Waals surface area (Å²) in [6.07, 6.45) is 0. The van der Waals surface area contributed by atoms with E-state index in [2.05, 4.69) is 10.5 Å². The van der Waals surface area contributed by atoms with Gasteiger partial charge in [-0.25, -0.2) is 10.2 Å². The molecule has 1 aromatic carbocycles. The number of hydrazone groups is 1. The van der Waals surface area contributed by atoms with Gasteiger partial charge in [0.05, 0.1) is 5.71 Å². The van der Waals surface area contributed by atoms with Crippen LogP contribution in [0.25, 0.3) is 0 Å². The van der Waals surface area contributed by atoms with Crippen molar-refractivity contribution in [2.45, 2.75) is 20.8 Å². The second kappa shape index (κ2) is 7.04. The summed E-state index contributed by atoms with van der Waals surface area (Å²) >= 11 is 0. The molecule has 0 spiro atoms. The number of amides is 2. The lowest BCUT2D eigenvalue weighted by molar-refractivity contribution is -0.132. The van der Waals surface area contributed by atoms with Crippen molar-refractivity contribution in [3.8, 4) is 11.5 Å². The van der Waals surface area contributed by atoms with Crippen molar-refractivity contribution in [2.75, 3.05) is 0 Å². The number of rotatable bonds is 4. The van der Waals surface area contributed by atoms with E-state index in [-0.39, 0.29) is 11.5 Å². The van der Waals surface area contributed by atoms with E-state index in [9.17, 15) is 14.4 Å². The molecule has 21 heavy (non-hydrogen) atoms. The Morgan fingerprint density at radius 2 is 1.48 bits per heavy atom. The Kier molecular flexibility index (Phi) is 5.41.